The van der Waals surface area contributed by atoms with Gasteiger partial charge in [-0.1, -0.05) is 0 Å². The SMILES string of the molecule is NCC(=O)c1cnc2scc(-c3ccco3)n12. The van der Waals surface area contributed by atoms with Crippen LogP contribution in [0.2, 0.25) is 0 Å². The molecule has 3 rings (SSSR count). The van der Waals surface area contributed by atoms with Gasteiger partial charge in [-0.2, -0.15) is 0 Å². The van der Waals surface area contributed by atoms with E-state index in [1.807, 2.05) is 11.4 Å². The van der Waals surface area contributed by atoms with Crippen LogP contribution in [0.25, 0.3) is 16.4 Å². The number of fused-ring (bicyclic) bond motifs is 1. The molecule has 86 valence electrons. The summed E-state index contributed by atoms with van der Waals surface area (Å²) in [5.74, 6) is 0.573. The monoisotopic (exact) mass is 247 g/mol. The number of furan rings is 1. The van der Waals surface area contributed by atoms with Gasteiger partial charge in [-0.05, 0) is 12.1 Å². The molecule has 0 amide bonds. The van der Waals surface area contributed by atoms with Crippen molar-refractivity contribution in [2.45, 2.75) is 0 Å². The second-order valence-electron chi connectivity index (χ2n) is 3.49. The van der Waals surface area contributed by atoms with Crippen LogP contribution in [0.5, 0.6) is 0 Å². The molecule has 0 saturated heterocycles. The highest BCUT2D eigenvalue weighted by molar-refractivity contribution is 7.15. The van der Waals surface area contributed by atoms with E-state index < -0.39 is 0 Å². The molecular weight excluding hydrogens is 238 g/mol. The highest BCUT2D eigenvalue weighted by Crippen LogP contribution is 2.27. The molecule has 3 aromatic heterocycles. The average Bonchev–Trinajstić information content (AvgIpc) is 3.03. The summed E-state index contributed by atoms with van der Waals surface area (Å²) in [4.78, 5) is 16.6. The van der Waals surface area contributed by atoms with Gasteiger partial charge >= 0.3 is 0 Å². The fourth-order valence-corrected chi connectivity index (χ4v) is 2.56. The van der Waals surface area contributed by atoms with Crippen LogP contribution >= 0.6 is 11.3 Å². The zero-order valence-electron chi connectivity index (χ0n) is 8.79. The number of carbonyl (C=O) groups is 1. The summed E-state index contributed by atoms with van der Waals surface area (Å²) in [6.07, 6.45) is 3.15. The molecule has 2 N–H and O–H groups in total. The van der Waals surface area contributed by atoms with Crippen molar-refractivity contribution in [2.24, 2.45) is 5.73 Å². The van der Waals surface area contributed by atoms with Crippen LogP contribution < -0.4 is 5.73 Å². The maximum atomic E-state index is 11.7. The molecule has 0 aliphatic heterocycles. The quantitative estimate of drug-likeness (QED) is 0.716. The first-order chi connectivity index (χ1) is 8.31. The van der Waals surface area contributed by atoms with E-state index >= 15 is 0 Å². The third-order valence-electron chi connectivity index (χ3n) is 2.49. The van der Waals surface area contributed by atoms with E-state index in [1.165, 1.54) is 11.3 Å². The molecule has 0 spiro atoms. The maximum absolute atomic E-state index is 11.7. The molecule has 0 fully saturated rings. The van der Waals surface area contributed by atoms with Gasteiger partial charge in [0.2, 0.25) is 0 Å². The number of carbonyl (C=O) groups excluding carboxylic acids is 1. The van der Waals surface area contributed by atoms with E-state index in [-0.39, 0.29) is 12.3 Å². The van der Waals surface area contributed by atoms with Gasteiger partial charge in [-0.25, -0.2) is 4.98 Å². The third kappa shape index (κ3) is 1.49. The Kier molecular flexibility index (Phi) is 2.31. The predicted molar refractivity (Wildman–Crippen MR) is 64.2 cm³/mol. The normalized spacial score (nSPS) is 11.1. The number of hydrogen-bond acceptors (Lipinski definition) is 5. The Balaban J connectivity index is 2.26. The molecule has 0 saturated carbocycles. The summed E-state index contributed by atoms with van der Waals surface area (Å²) in [5.41, 5.74) is 6.70. The van der Waals surface area contributed by atoms with Gasteiger partial charge in [0, 0.05) is 5.38 Å². The molecule has 0 unspecified atom stereocenters. The average molecular weight is 247 g/mol. The highest BCUT2D eigenvalue weighted by atomic mass is 32.1. The fraction of sp³-hybridized carbons (Fsp3) is 0.0909. The van der Waals surface area contributed by atoms with Gasteiger partial charge < -0.3 is 10.2 Å². The van der Waals surface area contributed by atoms with Crippen LogP contribution in [0.4, 0.5) is 0 Å². The molecule has 17 heavy (non-hydrogen) atoms. The molecule has 3 heterocycles. The van der Waals surface area contributed by atoms with Gasteiger partial charge in [0.15, 0.2) is 16.5 Å². The lowest BCUT2D eigenvalue weighted by atomic mass is 10.3. The molecule has 0 aromatic carbocycles. The molecule has 5 nitrogen and oxygen atoms in total. The first-order valence-corrected chi connectivity index (χ1v) is 5.91. The van der Waals surface area contributed by atoms with E-state index in [0.717, 1.165) is 10.7 Å². The Morgan fingerprint density at radius 3 is 3.18 bits per heavy atom. The van der Waals surface area contributed by atoms with Crippen LogP contribution in [0.1, 0.15) is 10.5 Å². The zero-order chi connectivity index (χ0) is 11.8. The summed E-state index contributed by atoms with van der Waals surface area (Å²) in [6.45, 7) is -0.0266. The molecule has 0 radical (unpaired) electrons. The maximum Gasteiger partial charge on any atom is 0.194 e. The third-order valence-corrected chi connectivity index (χ3v) is 3.33. The zero-order valence-corrected chi connectivity index (χ0v) is 9.61. The number of nitrogens with zero attached hydrogens (tertiary/aromatic N) is 2. The predicted octanol–water partition coefficient (Wildman–Crippen LogP) is 1.80. The minimum Gasteiger partial charge on any atom is -0.463 e. The van der Waals surface area contributed by atoms with Crippen LogP contribution in [0.3, 0.4) is 0 Å². The van der Waals surface area contributed by atoms with Crippen LogP contribution in [-0.2, 0) is 0 Å². The van der Waals surface area contributed by atoms with Gasteiger partial charge in [0.1, 0.15) is 11.4 Å². The fourth-order valence-electron chi connectivity index (χ4n) is 1.71. The number of nitrogens with two attached hydrogens (primary N) is 1. The number of rotatable bonds is 3. The Morgan fingerprint density at radius 2 is 2.47 bits per heavy atom. The van der Waals surface area contributed by atoms with Crippen molar-refractivity contribution >= 4 is 22.1 Å². The standard InChI is InChI=1S/C11H9N3O2S/c12-4-9(15)7-5-13-11-14(7)8(6-17-11)10-2-1-3-16-10/h1-3,5-6H,4,12H2. The number of aromatic nitrogens is 2. The molecule has 0 atom stereocenters. The summed E-state index contributed by atoms with van der Waals surface area (Å²) < 4.78 is 7.12. The second kappa shape index (κ2) is 3.83. The Morgan fingerprint density at radius 1 is 1.59 bits per heavy atom. The summed E-state index contributed by atoms with van der Waals surface area (Å²) >= 11 is 1.46. The van der Waals surface area contributed by atoms with E-state index in [9.17, 15) is 4.79 Å². The van der Waals surface area contributed by atoms with Crippen molar-refractivity contribution in [3.05, 3.63) is 35.7 Å². The van der Waals surface area contributed by atoms with Gasteiger partial charge in [-0.15, -0.1) is 11.3 Å². The lowest BCUT2D eigenvalue weighted by Gasteiger charge is -1.99. The number of hydrogen-bond donors (Lipinski definition) is 1. The van der Waals surface area contributed by atoms with Crippen molar-refractivity contribution in [1.29, 1.82) is 0 Å². The van der Waals surface area contributed by atoms with E-state index in [0.29, 0.717) is 11.5 Å². The van der Waals surface area contributed by atoms with Crippen LogP contribution in [0.15, 0.2) is 34.4 Å². The molecular formula is C11H9N3O2S. The van der Waals surface area contributed by atoms with Crippen molar-refractivity contribution in [1.82, 2.24) is 9.38 Å². The van der Waals surface area contributed by atoms with Crippen molar-refractivity contribution < 1.29 is 9.21 Å². The minimum atomic E-state index is -0.135. The van der Waals surface area contributed by atoms with Crippen LogP contribution in [0, 0.1) is 0 Å². The minimum absolute atomic E-state index is 0.0266. The highest BCUT2D eigenvalue weighted by Gasteiger charge is 2.17. The number of ketones is 1. The van der Waals surface area contributed by atoms with Gasteiger partial charge in [-0.3, -0.25) is 9.20 Å². The lowest BCUT2D eigenvalue weighted by Crippen LogP contribution is -2.15. The van der Waals surface area contributed by atoms with Crippen molar-refractivity contribution in [3.63, 3.8) is 0 Å². The largest absolute Gasteiger partial charge is 0.463 e. The Hall–Kier alpha value is -1.92. The molecule has 3 aromatic rings. The summed E-state index contributed by atoms with van der Waals surface area (Å²) in [5, 5.41) is 1.91. The number of imidazole rings is 1. The van der Waals surface area contributed by atoms with Crippen LogP contribution in [-0.4, -0.2) is 21.7 Å². The second-order valence-corrected chi connectivity index (χ2v) is 4.32. The first-order valence-electron chi connectivity index (χ1n) is 5.03. The number of thiazole rings is 1. The van der Waals surface area contributed by atoms with Gasteiger partial charge in [0.05, 0.1) is 19.0 Å². The van der Waals surface area contributed by atoms with Crippen molar-refractivity contribution in [3.8, 4) is 11.5 Å². The van der Waals surface area contributed by atoms with E-state index in [2.05, 4.69) is 4.98 Å². The first kappa shape index (κ1) is 10.2. The molecule has 0 bridgehead atoms. The summed E-state index contributed by atoms with van der Waals surface area (Å²) in [7, 11) is 0. The van der Waals surface area contributed by atoms with E-state index in [1.54, 1.807) is 22.9 Å². The lowest BCUT2D eigenvalue weighted by molar-refractivity contribution is 0.0996. The molecule has 0 aliphatic rings. The molecule has 6 heteroatoms. The van der Waals surface area contributed by atoms with Gasteiger partial charge in [0.25, 0.3) is 0 Å². The van der Waals surface area contributed by atoms with E-state index in [4.69, 9.17) is 10.2 Å². The summed E-state index contributed by atoms with van der Waals surface area (Å²) in [6, 6.07) is 3.65. The number of Topliss-reactive ketones (excluding diaryl/α,β-unsaturated/α-hetero) is 1. The Bertz CT molecular complexity index is 666. The molecule has 0 aliphatic carbocycles. The van der Waals surface area contributed by atoms with Crippen molar-refractivity contribution in [2.75, 3.05) is 6.54 Å². The topological polar surface area (TPSA) is 73.5 Å². The Labute approximate surface area is 100 Å². The smallest absolute Gasteiger partial charge is 0.194 e.